The second-order valence-electron chi connectivity index (χ2n) is 7.12. The Labute approximate surface area is 152 Å². The molecule has 0 bridgehead atoms. The van der Waals surface area contributed by atoms with Crippen LogP contribution in [0.2, 0.25) is 0 Å². The van der Waals surface area contributed by atoms with Crippen molar-refractivity contribution in [1.29, 1.82) is 0 Å². The van der Waals surface area contributed by atoms with Crippen LogP contribution >= 0.6 is 0 Å². The van der Waals surface area contributed by atoms with E-state index in [-0.39, 0.29) is 23.1 Å². The fourth-order valence-electron chi connectivity index (χ4n) is 4.05. The summed E-state index contributed by atoms with van der Waals surface area (Å²) in [5.74, 6) is -0.297. The Bertz CT molecular complexity index is 841. The minimum absolute atomic E-state index is 0.0867. The van der Waals surface area contributed by atoms with E-state index < -0.39 is 0 Å². The van der Waals surface area contributed by atoms with Crippen molar-refractivity contribution in [2.75, 3.05) is 19.6 Å². The molecule has 4 rings (SSSR count). The molecule has 1 aliphatic carbocycles. The maximum atomic E-state index is 12.7. The van der Waals surface area contributed by atoms with Crippen LogP contribution in [0.15, 0.2) is 35.4 Å². The van der Waals surface area contributed by atoms with Crippen LogP contribution in [-0.2, 0) is 12.8 Å². The van der Waals surface area contributed by atoms with E-state index in [1.54, 1.807) is 12.3 Å². The number of likely N-dealkylation sites (tertiary alicyclic amines) is 1. The number of rotatable bonds is 5. The molecule has 1 atom stereocenters. The lowest BCUT2D eigenvalue weighted by molar-refractivity contribution is 0.0936. The zero-order valence-electron chi connectivity index (χ0n) is 14.8. The molecule has 2 aliphatic rings. The fraction of sp³-hybridized carbons (Fsp3) is 0.450. The number of carbonyl (C=O) groups excluding carboxylic acids is 1. The Hall–Kier alpha value is -2.47. The lowest BCUT2D eigenvalue weighted by Crippen LogP contribution is -2.38. The number of H-pyrrole nitrogens is 1. The molecule has 3 heterocycles. The SMILES string of the molecule is O=C(NC[C@@H](c1cccnc1)N1CCCC1)c1cc2c([nH]c1=O)CCC2. The molecule has 6 nitrogen and oxygen atoms in total. The van der Waals surface area contributed by atoms with Crippen molar-refractivity contribution in [3.8, 4) is 0 Å². The Morgan fingerprint density at radius 3 is 2.88 bits per heavy atom. The third-order valence-electron chi connectivity index (χ3n) is 5.44. The molecule has 6 heteroatoms. The van der Waals surface area contributed by atoms with E-state index >= 15 is 0 Å². The van der Waals surface area contributed by atoms with Crippen LogP contribution < -0.4 is 10.9 Å². The maximum absolute atomic E-state index is 12.7. The number of aromatic nitrogens is 2. The first kappa shape index (κ1) is 17.0. The summed E-state index contributed by atoms with van der Waals surface area (Å²) in [6.07, 6.45) is 8.83. The summed E-state index contributed by atoms with van der Waals surface area (Å²) < 4.78 is 0. The topological polar surface area (TPSA) is 78.1 Å². The largest absolute Gasteiger partial charge is 0.350 e. The number of pyridine rings is 2. The molecule has 136 valence electrons. The van der Waals surface area contributed by atoms with Crippen LogP contribution in [-0.4, -0.2) is 40.4 Å². The van der Waals surface area contributed by atoms with Crippen molar-refractivity contribution in [3.63, 3.8) is 0 Å². The molecule has 2 aromatic rings. The molecule has 0 aromatic carbocycles. The minimum Gasteiger partial charge on any atom is -0.350 e. The lowest BCUT2D eigenvalue weighted by Gasteiger charge is -2.27. The highest BCUT2D eigenvalue weighted by Gasteiger charge is 2.25. The molecule has 26 heavy (non-hydrogen) atoms. The van der Waals surface area contributed by atoms with Gasteiger partial charge in [-0.2, -0.15) is 0 Å². The van der Waals surface area contributed by atoms with E-state index in [0.29, 0.717) is 6.54 Å². The van der Waals surface area contributed by atoms with Gasteiger partial charge in [0, 0.05) is 24.6 Å². The van der Waals surface area contributed by atoms with Gasteiger partial charge in [0.05, 0.1) is 6.04 Å². The standard InChI is InChI=1S/C20H24N4O2/c25-19(16-11-14-5-3-7-17(14)23-20(16)26)22-13-18(24-9-1-2-10-24)15-6-4-8-21-12-15/h4,6,8,11-12,18H,1-3,5,7,9-10,13H2,(H,22,25)(H,23,26)/t18-/m0/s1. The Morgan fingerprint density at radius 2 is 2.12 bits per heavy atom. The number of fused-ring (bicyclic) bond motifs is 1. The van der Waals surface area contributed by atoms with Gasteiger partial charge in [0.1, 0.15) is 5.56 Å². The van der Waals surface area contributed by atoms with E-state index in [4.69, 9.17) is 0 Å². The molecule has 2 N–H and O–H groups in total. The van der Waals surface area contributed by atoms with Gasteiger partial charge in [-0.25, -0.2) is 0 Å². The van der Waals surface area contributed by atoms with Crippen LogP contribution in [0.1, 0.15) is 52.5 Å². The van der Waals surface area contributed by atoms with Gasteiger partial charge in [-0.05, 0) is 68.5 Å². The third kappa shape index (κ3) is 3.42. The Morgan fingerprint density at radius 1 is 1.27 bits per heavy atom. The van der Waals surface area contributed by atoms with Crippen LogP contribution in [0.5, 0.6) is 0 Å². The minimum atomic E-state index is -0.297. The molecule has 0 spiro atoms. The number of nitrogens with zero attached hydrogens (tertiary/aromatic N) is 2. The van der Waals surface area contributed by atoms with Gasteiger partial charge >= 0.3 is 0 Å². The summed E-state index contributed by atoms with van der Waals surface area (Å²) in [5, 5.41) is 2.98. The average Bonchev–Trinajstić information content (AvgIpc) is 3.33. The number of hydrogen-bond acceptors (Lipinski definition) is 4. The molecule has 0 saturated carbocycles. The monoisotopic (exact) mass is 352 g/mol. The van der Waals surface area contributed by atoms with Gasteiger partial charge in [-0.1, -0.05) is 6.07 Å². The first-order valence-electron chi connectivity index (χ1n) is 9.39. The number of carbonyl (C=O) groups is 1. The normalized spacial score (nSPS) is 17.8. The number of aryl methyl sites for hydroxylation is 2. The van der Waals surface area contributed by atoms with Gasteiger partial charge in [0.25, 0.3) is 11.5 Å². The van der Waals surface area contributed by atoms with Gasteiger partial charge in [0.15, 0.2) is 0 Å². The smallest absolute Gasteiger partial charge is 0.261 e. The van der Waals surface area contributed by atoms with Crippen molar-refractivity contribution in [2.45, 2.75) is 38.1 Å². The molecular weight excluding hydrogens is 328 g/mol. The van der Waals surface area contributed by atoms with Crippen LogP contribution in [0.25, 0.3) is 0 Å². The summed E-state index contributed by atoms with van der Waals surface area (Å²) in [7, 11) is 0. The van der Waals surface area contributed by atoms with Crippen LogP contribution in [0, 0.1) is 0 Å². The summed E-state index contributed by atoms with van der Waals surface area (Å²) in [5.41, 5.74) is 3.10. The molecule has 1 aliphatic heterocycles. The highest BCUT2D eigenvalue weighted by Crippen LogP contribution is 2.24. The van der Waals surface area contributed by atoms with Gasteiger partial charge in [-0.15, -0.1) is 0 Å². The van der Waals surface area contributed by atoms with E-state index in [9.17, 15) is 9.59 Å². The first-order valence-corrected chi connectivity index (χ1v) is 9.39. The molecule has 2 aromatic heterocycles. The molecular formula is C20H24N4O2. The number of aromatic amines is 1. The highest BCUT2D eigenvalue weighted by molar-refractivity contribution is 5.94. The summed E-state index contributed by atoms with van der Waals surface area (Å²) in [6, 6.07) is 5.82. The third-order valence-corrected chi connectivity index (χ3v) is 5.44. The fourth-order valence-corrected chi connectivity index (χ4v) is 4.05. The average molecular weight is 352 g/mol. The molecule has 1 saturated heterocycles. The summed E-state index contributed by atoms with van der Waals surface area (Å²) >= 11 is 0. The quantitative estimate of drug-likeness (QED) is 0.860. The van der Waals surface area contributed by atoms with E-state index in [0.717, 1.165) is 49.2 Å². The van der Waals surface area contributed by atoms with Gasteiger partial charge in [0.2, 0.25) is 0 Å². The van der Waals surface area contributed by atoms with Crippen LogP contribution in [0.4, 0.5) is 0 Å². The van der Waals surface area contributed by atoms with E-state index in [1.165, 1.54) is 12.8 Å². The maximum Gasteiger partial charge on any atom is 0.261 e. The molecule has 0 radical (unpaired) electrons. The molecule has 0 unspecified atom stereocenters. The zero-order chi connectivity index (χ0) is 17.9. The highest BCUT2D eigenvalue weighted by atomic mass is 16.2. The van der Waals surface area contributed by atoms with E-state index in [1.807, 2.05) is 18.3 Å². The number of nitrogens with one attached hydrogen (secondary N) is 2. The Kier molecular flexibility index (Phi) is 4.84. The van der Waals surface area contributed by atoms with Gasteiger partial charge in [-0.3, -0.25) is 19.5 Å². The van der Waals surface area contributed by atoms with Gasteiger partial charge < -0.3 is 10.3 Å². The second-order valence-corrected chi connectivity index (χ2v) is 7.12. The first-order chi connectivity index (χ1) is 12.7. The second kappa shape index (κ2) is 7.41. The molecule has 1 amide bonds. The summed E-state index contributed by atoms with van der Waals surface area (Å²) in [4.78, 5) is 34.4. The number of hydrogen-bond donors (Lipinski definition) is 2. The zero-order valence-corrected chi connectivity index (χ0v) is 14.8. The van der Waals surface area contributed by atoms with Crippen molar-refractivity contribution in [1.82, 2.24) is 20.2 Å². The molecule has 1 fully saturated rings. The predicted octanol–water partition coefficient (Wildman–Crippen LogP) is 1.83. The Balaban J connectivity index is 1.51. The predicted molar refractivity (Wildman–Crippen MR) is 99.2 cm³/mol. The van der Waals surface area contributed by atoms with Crippen molar-refractivity contribution in [3.05, 3.63) is 63.3 Å². The van der Waals surface area contributed by atoms with E-state index in [2.05, 4.69) is 20.2 Å². The van der Waals surface area contributed by atoms with Crippen molar-refractivity contribution >= 4 is 5.91 Å². The van der Waals surface area contributed by atoms with Crippen molar-refractivity contribution in [2.24, 2.45) is 0 Å². The lowest BCUT2D eigenvalue weighted by atomic mass is 10.1. The number of amides is 1. The van der Waals surface area contributed by atoms with Crippen molar-refractivity contribution < 1.29 is 4.79 Å². The summed E-state index contributed by atoms with van der Waals surface area (Å²) in [6.45, 7) is 2.52. The van der Waals surface area contributed by atoms with Crippen LogP contribution in [0.3, 0.4) is 0 Å².